The predicted molar refractivity (Wildman–Crippen MR) is 167 cm³/mol. The number of halogens is 2. The first-order valence-electron chi connectivity index (χ1n) is 14.7. The van der Waals surface area contributed by atoms with Gasteiger partial charge in [0.05, 0.1) is 5.69 Å². The second-order valence-corrected chi connectivity index (χ2v) is 11.3. The Hall–Kier alpha value is -4.31. The molecule has 2 aliphatic heterocycles. The summed E-state index contributed by atoms with van der Waals surface area (Å²) in [5, 5.41) is 5.64. The van der Waals surface area contributed by atoms with Crippen molar-refractivity contribution in [2.45, 2.75) is 45.6 Å². The Morgan fingerprint density at radius 3 is 2.33 bits per heavy atom. The molecule has 2 aromatic carbocycles. The molecule has 0 aliphatic carbocycles. The van der Waals surface area contributed by atoms with Crippen LogP contribution in [0.3, 0.4) is 0 Å². The fourth-order valence-corrected chi connectivity index (χ4v) is 5.89. The van der Waals surface area contributed by atoms with Gasteiger partial charge < -0.3 is 15.1 Å². The van der Waals surface area contributed by atoms with Crippen LogP contribution in [-0.2, 0) is 0 Å². The summed E-state index contributed by atoms with van der Waals surface area (Å²) in [4.78, 5) is 37.8. The molecule has 0 spiro atoms. The fourth-order valence-electron chi connectivity index (χ4n) is 5.89. The van der Waals surface area contributed by atoms with Crippen molar-refractivity contribution in [2.24, 2.45) is 11.1 Å². The van der Waals surface area contributed by atoms with Crippen LogP contribution < -0.4 is 10.2 Å². The Balaban J connectivity index is 1.57. The van der Waals surface area contributed by atoms with E-state index < -0.39 is 17.5 Å². The summed E-state index contributed by atoms with van der Waals surface area (Å²) in [6.45, 7) is 11.8. The number of nitrogens with one attached hydrogen (secondary N) is 1. The summed E-state index contributed by atoms with van der Waals surface area (Å²) in [7, 11) is 0. The molecule has 3 heterocycles. The second-order valence-electron chi connectivity index (χ2n) is 11.3. The average Bonchev–Trinajstić information content (AvgIpc) is 3.01. The van der Waals surface area contributed by atoms with E-state index in [9.17, 15) is 18.5 Å². The average molecular weight is 587 g/mol. The molecular formula is C33H36F2N6O2. The molecule has 5 rings (SSSR count). The van der Waals surface area contributed by atoms with Gasteiger partial charge in [0.2, 0.25) is 5.95 Å². The van der Waals surface area contributed by atoms with E-state index in [0.29, 0.717) is 34.6 Å². The molecule has 1 aromatic heterocycles. The molecule has 1 amide bonds. The number of nitroso groups, excluding NO2 is 1. The maximum Gasteiger partial charge on any atom is 0.316 e. The minimum atomic E-state index is -0.903. The van der Waals surface area contributed by atoms with Crippen LogP contribution in [0.5, 0.6) is 0 Å². The van der Waals surface area contributed by atoms with Crippen molar-refractivity contribution in [1.29, 1.82) is 0 Å². The lowest BCUT2D eigenvalue weighted by atomic mass is 9.95. The zero-order valence-corrected chi connectivity index (χ0v) is 24.5. The molecule has 0 bridgehead atoms. The van der Waals surface area contributed by atoms with Crippen molar-refractivity contribution in [3.63, 3.8) is 0 Å². The first-order chi connectivity index (χ1) is 20.8. The second kappa shape index (κ2) is 13.3. The third-order valence-electron chi connectivity index (χ3n) is 8.49. The van der Waals surface area contributed by atoms with Gasteiger partial charge in [0.15, 0.2) is 0 Å². The van der Waals surface area contributed by atoms with Gasteiger partial charge in [0, 0.05) is 46.6 Å². The number of nitrogens with zero attached hydrogens (tertiary/aromatic N) is 5. The van der Waals surface area contributed by atoms with E-state index in [0.717, 1.165) is 50.5 Å². The van der Waals surface area contributed by atoms with Crippen molar-refractivity contribution in [3.05, 3.63) is 88.0 Å². The predicted octanol–water partition coefficient (Wildman–Crippen LogP) is 7.06. The van der Waals surface area contributed by atoms with Crippen molar-refractivity contribution in [2.75, 3.05) is 36.4 Å². The van der Waals surface area contributed by atoms with E-state index in [1.165, 1.54) is 49.4 Å². The van der Waals surface area contributed by atoms with Gasteiger partial charge in [-0.15, -0.1) is 4.91 Å². The smallest absolute Gasteiger partial charge is 0.316 e. The van der Waals surface area contributed by atoms with Crippen molar-refractivity contribution in [1.82, 2.24) is 14.9 Å². The number of rotatable bonds is 8. The number of hydrogen-bond acceptors (Lipinski definition) is 7. The Labute approximate surface area is 250 Å². The van der Waals surface area contributed by atoms with Crippen molar-refractivity contribution in [3.8, 4) is 11.3 Å². The minimum Gasteiger partial charge on any atom is -0.347 e. The maximum atomic E-state index is 14.5. The lowest BCUT2D eigenvalue weighted by Crippen LogP contribution is -2.48. The maximum absolute atomic E-state index is 14.5. The third-order valence-corrected chi connectivity index (χ3v) is 8.49. The highest BCUT2D eigenvalue weighted by atomic mass is 19.1. The van der Waals surface area contributed by atoms with Crippen LogP contribution in [0.15, 0.2) is 54.4 Å². The summed E-state index contributed by atoms with van der Waals surface area (Å²) >= 11 is 0. The van der Waals surface area contributed by atoms with Crippen LogP contribution in [0.1, 0.15) is 59.7 Å². The highest BCUT2D eigenvalue weighted by Gasteiger charge is 2.29. The molecule has 43 heavy (non-hydrogen) atoms. The van der Waals surface area contributed by atoms with E-state index in [4.69, 9.17) is 9.97 Å². The fraction of sp³-hybridized carbons (Fsp3) is 0.364. The lowest BCUT2D eigenvalue weighted by Gasteiger charge is -2.41. The highest BCUT2D eigenvalue weighted by Crippen LogP contribution is 2.35. The van der Waals surface area contributed by atoms with E-state index in [-0.39, 0.29) is 11.1 Å². The topological polar surface area (TPSA) is 90.8 Å². The van der Waals surface area contributed by atoms with Gasteiger partial charge in [-0.1, -0.05) is 25.6 Å². The highest BCUT2D eigenvalue weighted by molar-refractivity contribution is 5.97. The molecule has 0 saturated carbocycles. The van der Waals surface area contributed by atoms with E-state index in [2.05, 4.69) is 33.8 Å². The summed E-state index contributed by atoms with van der Waals surface area (Å²) in [5.74, 6) is -0.662. The number of carbonyl (C=O) groups excluding carboxylic acids is 1. The molecule has 2 fully saturated rings. The molecular weight excluding hydrogens is 550 g/mol. The Morgan fingerprint density at radius 2 is 1.67 bits per heavy atom. The number of likely N-dealkylation sites (tertiary alicyclic amines) is 1. The number of hydrogen-bond donors (Lipinski definition) is 1. The normalized spacial score (nSPS) is 16.9. The molecule has 224 valence electrons. The molecule has 2 aliphatic rings. The summed E-state index contributed by atoms with van der Waals surface area (Å²) < 4.78 is 29.0. The first-order valence-corrected chi connectivity index (χ1v) is 14.7. The van der Waals surface area contributed by atoms with Crippen LogP contribution in [0.25, 0.3) is 23.4 Å². The standard InChI is InChI=1S/C33H36F2N6O2/c1-4-36-31-26(11-10-25-28(34)6-5-7-29(25)35)30(27-20-23(32(42)39-43)9-8-22(27)3)37-33(38-31)41-18-14-24(15-19-41)40-16-12-21(2)13-17-40/h4-11,20-21,24H,1,12-19H2,2-3H3,(H,36,37,38)/b11-10-. The number of piperidine rings is 2. The number of anilines is 2. The van der Waals surface area contributed by atoms with Gasteiger partial charge in [0.25, 0.3) is 0 Å². The number of carbonyl (C=O) groups is 1. The largest absolute Gasteiger partial charge is 0.347 e. The third kappa shape index (κ3) is 6.69. The van der Waals surface area contributed by atoms with Crippen molar-refractivity contribution < 1.29 is 13.6 Å². The minimum absolute atomic E-state index is 0.112. The molecule has 10 heteroatoms. The SMILES string of the molecule is C=CNc1nc(N2CCC(N3CCC(C)CC3)CC2)nc(-c2cc(C(=O)N=O)ccc2C)c1/C=C\c1c(F)cccc1F. The molecule has 0 unspecified atom stereocenters. The van der Waals surface area contributed by atoms with E-state index in [1.807, 2.05) is 6.92 Å². The quantitative estimate of drug-likeness (QED) is 0.283. The van der Waals surface area contributed by atoms with Crippen LogP contribution in [0.2, 0.25) is 0 Å². The van der Waals surface area contributed by atoms with Gasteiger partial charge in [-0.3, -0.25) is 4.79 Å². The van der Waals surface area contributed by atoms with E-state index >= 15 is 0 Å². The van der Waals surface area contributed by atoms with Gasteiger partial charge in [-0.2, -0.15) is 4.98 Å². The summed E-state index contributed by atoms with van der Waals surface area (Å²) in [6, 6.07) is 9.01. The zero-order valence-electron chi connectivity index (χ0n) is 24.5. The summed E-state index contributed by atoms with van der Waals surface area (Å²) in [5.41, 5.74) is 2.13. The molecule has 1 N–H and O–H groups in total. The zero-order chi connectivity index (χ0) is 30.5. The Morgan fingerprint density at radius 1 is 1.00 bits per heavy atom. The number of aromatic nitrogens is 2. The summed E-state index contributed by atoms with van der Waals surface area (Å²) in [6.07, 6.45) is 8.79. The number of aryl methyl sites for hydroxylation is 1. The molecule has 3 aromatic rings. The number of amides is 1. The first kappa shape index (κ1) is 30.2. The molecule has 0 atom stereocenters. The Bertz CT molecular complexity index is 1520. The van der Waals surface area contributed by atoms with Crippen LogP contribution in [0, 0.1) is 29.4 Å². The monoisotopic (exact) mass is 586 g/mol. The molecule has 2 saturated heterocycles. The Kier molecular flexibility index (Phi) is 9.35. The van der Waals surface area contributed by atoms with Gasteiger partial charge in [-0.05, 0) is 99.8 Å². The van der Waals surface area contributed by atoms with Crippen LogP contribution >= 0.6 is 0 Å². The molecule has 8 nitrogen and oxygen atoms in total. The number of benzene rings is 2. The van der Waals surface area contributed by atoms with E-state index in [1.54, 1.807) is 18.2 Å². The van der Waals surface area contributed by atoms with Gasteiger partial charge in [-0.25, -0.2) is 13.8 Å². The van der Waals surface area contributed by atoms with Gasteiger partial charge >= 0.3 is 5.91 Å². The van der Waals surface area contributed by atoms with Crippen LogP contribution in [-0.4, -0.2) is 53.0 Å². The molecule has 0 radical (unpaired) electrons. The van der Waals surface area contributed by atoms with Crippen molar-refractivity contribution >= 4 is 29.8 Å². The van der Waals surface area contributed by atoms with Crippen LogP contribution in [0.4, 0.5) is 20.5 Å². The van der Waals surface area contributed by atoms with Gasteiger partial charge in [0.1, 0.15) is 17.5 Å². The lowest BCUT2D eigenvalue weighted by molar-refractivity contribution is 0.100.